The standard InChI is InChI=1S/C13H22N2O2/c1-10(14)12(11-4-3-9-17-11)15-7-5-13(2,16)6-8-15/h3-4,9-10,12,16H,5-8,14H2,1-2H3. The summed E-state index contributed by atoms with van der Waals surface area (Å²) in [5.74, 6) is 0.918. The van der Waals surface area contributed by atoms with Crippen molar-refractivity contribution in [2.24, 2.45) is 5.73 Å². The van der Waals surface area contributed by atoms with Gasteiger partial charge in [-0.1, -0.05) is 0 Å². The van der Waals surface area contributed by atoms with Gasteiger partial charge in [0.1, 0.15) is 5.76 Å². The summed E-state index contributed by atoms with van der Waals surface area (Å²) in [7, 11) is 0. The fraction of sp³-hybridized carbons (Fsp3) is 0.692. The van der Waals surface area contributed by atoms with Crippen molar-refractivity contribution in [2.75, 3.05) is 13.1 Å². The van der Waals surface area contributed by atoms with Crippen LogP contribution in [0.3, 0.4) is 0 Å². The maximum absolute atomic E-state index is 9.96. The largest absolute Gasteiger partial charge is 0.468 e. The average Bonchev–Trinajstić information content (AvgIpc) is 2.74. The number of aliphatic hydroxyl groups is 1. The van der Waals surface area contributed by atoms with Crippen LogP contribution in [-0.4, -0.2) is 34.7 Å². The molecule has 0 spiro atoms. The van der Waals surface area contributed by atoms with Crippen LogP contribution < -0.4 is 5.73 Å². The minimum absolute atomic E-state index is 0.0178. The lowest BCUT2D eigenvalue weighted by molar-refractivity contribution is -0.0221. The SMILES string of the molecule is CC(N)C(c1ccco1)N1CCC(C)(O)CC1. The van der Waals surface area contributed by atoms with E-state index in [1.54, 1.807) is 6.26 Å². The van der Waals surface area contributed by atoms with Gasteiger partial charge in [-0.3, -0.25) is 4.90 Å². The maximum Gasteiger partial charge on any atom is 0.122 e. The predicted octanol–water partition coefficient (Wildman–Crippen LogP) is 1.51. The smallest absolute Gasteiger partial charge is 0.122 e. The first-order valence-corrected chi connectivity index (χ1v) is 6.25. The van der Waals surface area contributed by atoms with Crippen molar-refractivity contribution in [3.8, 4) is 0 Å². The highest BCUT2D eigenvalue weighted by Crippen LogP contribution is 2.30. The van der Waals surface area contributed by atoms with Crippen molar-refractivity contribution in [2.45, 2.75) is 44.4 Å². The molecule has 4 heteroatoms. The Kier molecular flexibility index (Phi) is 3.56. The van der Waals surface area contributed by atoms with Crippen molar-refractivity contribution in [1.29, 1.82) is 0 Å². The number of nitrogens with two attached hydrogens (primary N) is 1. The number of piperidine rings is 1. The third kappa shape index (κ3) is 2.89. The zero-order valence-electron chi connectivity index (χ0n) is 10.6. The van der Waals surface area contributed by atoms with Gasteiger partial charge in [0.05, 0.1) is 17.9 Å². The lowest BCUT2D eigenvalue weighted by Gasteiger charge is -2.40. The molecule has 0 amide bonds. The van der Waals surface area contributed by atoms with Gasteiger partial charge in [0.25, 0.3) is 0 Å². The van der Waals surface area contributed by atoms with Crippen LogP contribution in [0.1, 0.15) is 38.5 Å². The minimum atomic E-state index is -0.526. The molecule has 1 fully saturated rings. The van der Waals surface area contributed by atoms with E-state index in [4.69, 9.17) is 10.2 Å². The van der Waals surface area contributed by atoms with Crippen LogP contribution in [0.5, 0.6) is 0 Å². The van der Waals surface area contributed by atoms with Gasteiger partial charge in [-0.25, -0.2) is 0 Å². The fourth-order valence-corrected chi connectivity index (χ4v) is 2.52. The summed E-state index contributed by atoms with van der Waals surface area (Å²) in [4.78, 5) is 2.31. The quantitative estimate of drug-likeness (QED) is 0.838. The Labute approximate surface area is 102 Å². The van der Waals surface area contributed by atoms with Gasteiger partial charge in [0.15, 0.2) is 0 Å². The Morgan fingerprint density at radius 3 is 2.59 bits per heavy atom. The molecule has 96 valence electrons. The Morgan fingerprint density at radius 2 is 2.12 bits per heavy atom. The third-order valence-corrected chi connectivity index (χ3v) is 3.60. The van der Waals surface area contributed by atoms with E-state index in [-0.39, 0.29) is 12.1 Å². The van der Waals surface area contributed by atoms with Crippen LogP contribution >= 0.6 is 0 Å². The molecule has 3 N–H and O–H groups in total. The first-order valence-electron chi connectivity index (χ1n) is 6.25. The molecule has 1 aromatic rings. The van der Waals surface area contributed by atoms with Gasteiger partial charge in [0.2, 0.25) is 0 Å². The highest BCUT2D eigenvalue weighted by Gasteiger charge is 2.33. The van der Waals surface area contributed by atoms with Crippen molar-refractivity contribution in [3.63, 3.8) is 0 Å². The summed E-state index contributed by atoms with van der Waals surface area (Å²) < 4.78 is 5.48. The predicted molar refractivity (Wildman–Crippen MR) is 66.5 cm³/mol. The molecule has 2 rings (SSSR count). The van der Waals surface area contributed by atoms with Crippen LogP contribution in [0, 0.1) is 0 Å². The Balaban J connectivity index is 2.09. The summed E-state index contributed by atoms with van der Waals surface area (Å²) >= 11 is 0. The van der Waals surface area contributed by atoms with E-state index in [0.717, 1.165) is 31.7 Å². The highest BCUT2D eigenvalue weighted by molar-refractivity contribution is 5.08. The van der Waals surface area contributed by atoms with E-state index in [1.165, 1.54) is 0 Å². The van der Waals surface area contributed by atoms with Crippen molar-refractivity contribution >= 4 is 0 Å². The zero-order chi connectivity index (χ0) is 12.5. The molecule has 2 heterocycles. The summed E-state index contributed by atoms with van der Waals surface area (Å²) in [6.07, 6.45) is 3.26. The molecule has 1 aromatic heterocycles. The molecular formula is C13H22N2O2. The second-order valence-corrected chi connectivity index (χ2v) is 5.35. The number of hydrogen-bond donors (Lipinski definition) is 2. The fourth-order valence-electron chi connectivity index (χ4n) is 2.52. The monoisotopic (exact) mass is 238 g/mol. The molecule has 2 unspecified atom stereocenters. The topological polar surface area (TPSA) is 62.6 Å². The van der Waals surface area contributed by atoms with Gasteiger partial charge in [-0.2, -0.15) is 0 Å². The van der Waals surface area contributed by atoms with Gasteiger partial charge in [-0.05, 0) is 38.8 Å². The van der Waals surface area contributed by atoms with Crippen molar-refractivity contribution in [1.82, 2.24) is 4.90 Å². The molecular weight excluding hydrogens is 216 g/mol. The molecule has 0 aromatic carbocycles. The van der Waals surface area contributed by atoms with Crippen molar-refractivity contribution in [3.05, 3.63) is 24.2 Å². The molecule has 17 heavy (non-hydrogen) atoms. The average molecular weight is 238 g/mol. The highest BCUT2D eigenvalue weighted by atomic mass is 16.3. The van der Waals surface area contributed by atoms with Crippen molar-refractivity contribution < 1.29 is 9.52 Å². The van der Waals surface area contributed by atoms with E-state index < -0.39 is 5.60 Å². The summed E-state index contributed by atoms with van der Waals surface area (Å²) in [5.41, 5.74) is 5.54. The zero-order valence-corrected chi connectivity index (χ0v) is 10.6. The second kappa shape index (κ2) is 4.80. The van der Waals surface area contributed by atoms with E-state index in [2.05, 4.69) is 4.90 Å². The second-order valence-electron chi connectivity index (χ2n) is 5.35. The summed E-state index contributed by atoms with van der Waals surface area (Å²) in [5, 5.41) is 9.96. The third-order valence-electron chi connectivity index (χ3n) is 3.60. The van der Waals surface area contributed by atoms with E-state index in [9.17, 15) is 5.11 Å². The van der Waals surface area contributed by atoms with Crippen LogP contribution in [0.4, 0.5) is 0 Å². The summed E-state index contributed by atoms with van der Waals surface area (Å²) in [6.45, 7) is 5.62. The first kappa shape index (κ1) is 12.6. The molecule has 2 atom stereocenters. The number of rotatable bonds is 3. The first-order chi connectivity index (χ1) is 7.99. The number of likely N-dealkylation sites (tertiary alicyclic amines) is 1. The molecule has 0 saturated carbocycles. The number of furan rings is 1. The molecule has 0 aliphatic carbocycles. The molecule has 1 saturated heterocycles. The molecule has 1 aliphatic rings. The van der Waals surface area contributed by atoms with Crippen LogP contribution in [0.15, 0.2) is 22.8 Å². The summed E-state index contributed by atoms with van der Waals surface area (Å²) in [6, 6.07) is 4.00. The van der Waals surface area contributed by atoms with E-state index in [1.807, 2.05) is 26.0 Å². The normalized spacial score (nSPS) is 24.5. The maximum atomic E-state index is 9.96. The Hall–Kier alpha value is -0.840. The molecule has 1 aliphatic heterocycles. The van der Waals surface area contributed by atoms with Crippen LogP contribution in [0.2, 0.25) is 0 Å². The molecule has 4 nitrogen and oxygen atoms in total. The lowest BCUT2D eigenvalue weighted by Crippen LogP contribution is -2.47. The number of hydrogen-bond acceptors (Lipinski definition) is 4. The van der Waals surface area contributed by atoms with Crippen LogP contribution in [-0.2, 0) is 0 Å². The lowest BCUT2D eigenvalue weighted by atomic mass is 9.91. The van der Waals surface area contributed by atoms with Gasteiger partial charge in [0, 0.05) is 19.1 Å². The molecule has 0 radical (unpaired) electrons. The van der Waals surface area contributed by atoms with E-state index in [0.29, 0.717) is 0 Å². The van der Waals surface area contributed by atoms with Crippen LogP contribution in [0.25, 0.3) is 0 Å². The Bertz CT molecular complexity index is 336. The Morgan fingerprint density at radius 1 is 1.47 bits per heavy atom. The van der Waals surface area contributed by atoms with E-state index >= 15 is 0 Å². The van der Waals surface area contributed by atoms with Gasteiger partial charge >= 0.3 is 0 Å². The number of nitrogens with zero attached hydrogens (tertiary/aromatic N) is 1. The van der Waals surface area contributed by atoms with Gasteiger partial charge in [-0.15, -0.1) is 0 Å². The minimum Gasteiger partial charge on any atom is -0.468 e. The molecule has 0 bridgehead atoms. The van der Waals surface area contributed by atoms with Gasteiger partial charge < -0.3 is 15.3 Å².